The van der Waals surface area contributed by atoms with Crippen LogP contribution in [0.2, 0.25) is 0 Å². The van der Waals surface area contributed by atoms with Crippen molar-refractivity contribution in [2.75, 3.05) is 44.7 Å². The van der Waals surface area contributed by atoms with Gasteiger partial charge in [0.25, 0.3) is 0 Å². The minimum atomic E-state index is -2.79. The zero-order chi connectivity index (χ0) is 12.4. The van der Waals surface area contributed by atoms with Crippen LogP contribution in [0.25, 0.3) is 0 Å². The summed E-state index contributed by atoms with van der Waals surface area (Å²) in [5.74, 6) is 0.574. The van der Waals surface area contributed by atoms with Crippen LogP contribution in [-0.2, 0) is 9.84 Å². The van der Waals surface area contributed by atoms with E-state index in [9.17, 15) is 8.42 Å². The van der Waals surface area contributed by atoms with Gasteiger partial charge in [-0.05, 0) is 33.0 Å². The SMILES string of the molecule is CCCNCCN(C)CCCS(=O)(=O)CC. The van der Waals surface area contributed by atoms with Crippen molar-refractivity contribution in [3.8, 4) is 0 Å². The molecule has 0 saturated heterocycles. The lowest BCUT2D eigenvalue weighted by atomic mass is 10.4. The third-order valence-electron chi connectivity index (χ3n) is 2.53. The lowest BCUT2D eigenvalue weighted by Crippen LogP contribution is -2.31. The van der Waals surface area contributed by atoms with Crippen LogP contribution in [-0.4, -0.2) is 58.1 Å². The molecule has 0 spiro atoms. The lowest BCUT2D eigenvalue weighted by Gasteiger charge is -2.16. The van der Waals surface area contributed by atoms with Gasteiger partial charge in [0, 0.05) is 18.8 Å². The first kappa shape index (κ1) is 15.9. The van der Waals surface area contributed by atoms with Crippen molar-refractivity contribution in [1.82, 2.24) is 10.2 Å². The van der Waals surface area contributed by atoms with Crippen LogP contribution in [0, 0.1) is 0 Å². The zero-order valence-corrected chi connectivity index (χ0v) is 11.6. The largest absolute Gasteiger partial charge is 0.315 e. The molecule has 0 aromatic heterocycles. The second kappa shape index (κ2) is 8.96. The minimum absolute atomic E-state index is 0.259. The fraction of sp³-hybridized carbons (Fsp3) is 1.00. The number of hydrogen-bond acceptors (Lipinski definition) is 4. The Hall–Kier alpha value is -0.130. The lowest BCUT2D eigenvalue weighted by molar-refractivity contribution is 0.332. The van der Waals surface area contributed by atoms with Crippen molar-refractivity contribution in [1.29, 1.82) is 0 Å². The summed E-state index contributed by atoms with van der Waals surface area (Å²) in [7, 11) is -0.753. The maximum Gasteiger partial charge on any atom is 0.150 e. The Morgan fingerprint density at radius 2 is 1.81 bits per heavy atom. The van der Waals surface area contributed by atoms with Gasteiger partial charge < -0.3 is 10.2 Å². The summed E-state index contributed by atoms with van der Waals surface area (Å²) in [6.45, 7) is 7.71. The molecule has 0 rings (SSSR count). The van der Waals surface area contributed by atoms with Crippen LogP contribution in [0.4, 0.5) is 0 Å². The maximum atomic E-state index is 11.2. The first-order valence-electron chi connectivity index (χ1n) is 6.11. The van der Waals surface area contributed by atoms with E-state index in [0.717, 1.165) is 39.0 Å². The van der Waals surface area contributed by atoms with E-state index in [0.29, 0.717) is 5.75 Å². The molecule has 0 bridgehead atoms. The second-order valence-corrected chi connectivity index (χ2v) is 6.62. The van der Waals surface area contributed by atoms with E-state index >= 15 is 0 Å². The van der Waals surface area contributed by atoms with Crippen molar-refractivity contribution in [3.05, 3.63) is 0 Å². The molecule has 0 aromatic rings. The van der Waals surface area contributed by atoms with E-state index in [2.05, 4.69) is 17.1 Å². The van der Waals surface area contributed by atoms with E-state index in [1.807, 2.05) is 7.05 Å². The van der Waals surface area contributed by atoms with Gasteiger partial charge in [-0.1, -0.05) is 13.8 Å². The molecule has 0 atom stereocenters. The van der Waals surface area contributed by atoms with E-state index in [4.69, 9.17) is 0 Å². The normalized spacial score (nSPS) is 12.2. The standard InChI is InChI=1S/C11H26N2O2S/c1-4-7-12-8-10-13(3)9-6-11-16(14,15)5-2/h12H,4-11H2,1-3H3. The molecule has 0 heterocycles. The molecular formula is C11H26N2O2S. The number of hydrogen-bond donors (Lipinski definition) is 1. The summed E-state index contributed by atoms with van der Waals surface area (Å²) in [5, 5.41) is 3.32. The van der Waals surface area contributed by atoms with Crippen molar-refractivity contribution in [3.63, 3.8) is 0 Å². The molecule has 0 unspecified atom stereocenters. The van der Waals surface area contributed by atoms with Gasteiger partial charge in [0.2, 0.25) is 0 Å². The minimum Gasteiger partial charge on any atom is -0.315 e. The molecule has 1 N–H and O–H groups in total. The van der Waals surface area contributed by atoms with Gasteiger partial charge in [-0.25, -0.2) is 8.42 Å². The summed E-state index contributed by atoms with van der Waals surface area (Å²) in [6.07, 6.45) is 1.89. The van der Waals surface area contributed by atoms with Crippen LogP contribution in [0.15, 0.2) is 0 Å². The Labute approximate surface area is 100 Å². The van der Waals surface area contributed by atoms with E-state index in [-0.39, 0.29) is 5.75 Å². The number of nitrogens with zero attached hydrogens (tertiary/aromatic N) is 1. The van der Waals surface area contributed by atoms with E-state index < -0.39 is 9.84 Å². The van der Waals surface area contributed by atoms with Crippen molar-refractivity contribution in [2.45, 2.75) is 26.7 Å². The van der Waals surface area contributed by atoms with Gasteiger partial charge in [-0.15, -0.1) is 0 Å². The molecule has 16 heavy (non-hydrogen) atoms. The molecule has 0 radical (unpaired) electrons. The monoisotopic (exact) mass is 250 g/mol. The predicted molar refractivity (Wildman–Crippen MR) is 69.6 cm³/mol. The fourth-order valence-electron chi connectivity index (χ4n) is 1.38. The molecule has 5 heteroatoms. The number of likely N-dealkylation sites (N-methyl/N-ethyl adjacent to an activating group) is 1. The average molecular weight is 250 g/mol. The highest BCUT2D eigenvalue weighted by Gasteiger charge is 2.07. The number of sulfone groups is 1. The molecule has 0 aliphatic heterocycles. The second-order valence-electron chi connectivity index (χ2n) is 4.14. The molecule has 4 nitrogen and oxygen atoms in total. The highest BCUT2D eigenvalue weighted by molar-refractivity contribution is 7.91. The fourth-order valence-corrected chi connectivity index (χ4v) is 2.24. The first-order valence-corrected chi connectivity index (χ1v) is 7.93. The Kier molecular flexibility index (Phi) is 8.89. The van der Waals surface area contributed by atoms with Crippen molar-refractivity contribution in [2.24, 2.45) is 0 Å². The summed E-state index contributed by atoms with van der Waals surface area (Å²) >= 11 is 0. The van der Waals surface area contributed by atoms with Gasteiger partial charge in [-0.2, -0.15) is 0 Å². The Morgan fingerprint density at radius 1 is 1.12 bits per heavy atom. The third-order valence-corrected chi connectivity index (χ3v) is 4.32. The number of nitrogens with one attached hydrogen (secondary N) is 1. The molecule has 0 aromatic carbocycles. The molecule has 0 fully saturated rings. The van der Waals surface area contributed by atoms with Crippen LogP contribution >= 0.6 is 0 Å². The third kappa shape index (κ3) is 9.12. The van der Waals surface area contributed by atoms with Crippen LogP contribution < -0.4 is 5.32 Å². The summed E-state index contributed by atoms with van der Waals surface area (Å²) in [5.41, 5.74) is 0. The molecule has 0 saturated carbocycles. The summed E-state index contributed by atoms with van der Waals surface area (Å²) < 4.78 is 22.5. The topological polar surface area (TPSA) is 49.4 Å². The summed E-state index contributed by atoms with van der Waals surface area (Å²) in [4.78, 5) is 2.17. The zero-order valence-electron chi connectivity index (χ0n) is 10.8. The summed E-state index contributed by atoms with van der Waals surface area (Å²) in [6, 6.07) is 0. The van der Waals surface area contributed by atoms with Gasteiger partial charge in [0.15, 0.2) is 0 Å². The molecule has 0 amide bonds. The van der Waals surface area contributed by atoms with Crippen molar-refractivity contribution >= 4 is 9.84 Å². The Balaban J connectivity index is 3.47. The van der Waals surface area contributed by atoms with Crippen LogP contribution in [0.3, 0.4) is 0 Å². The maximum absolute atomic E-state index is 11.2. The van der Waals surface area contributed by atoms with Gasteiger partial charge in [-0.3, -0.25) is 0 Å². The molecular weight excluding hydrogens is 224 g/mol. The smallest absolute Gasteiger partial charge is 0.150 e. The van der Waals surface area contributed by atoms with Crippen molar-refractivity contribution < 1.29 is 8.42 Å². The Bertz CT molecular complexity index is 253. The predicted octanol–water partition coefficient (Wildman–Crippen LogP) is 0.743. The van der Waals surface area contributed by atoms with E-state index in [1.54, 1.807) is 6.92 Å². The average Bonchev–Trinajstić information content (AvgIpc) is 2.24. The highest BCUT2D eigenvalue weighted by atomic mass is 32.2. The highest BCUT2D eigenvalue weighted by Crippen LogP contribution is 1.95. The number of rotatable bonds is 10. The molecule has 98 valence electrons. The first-order chi connectivity index (χ1) is 7.52. The van der Waals surface area contributed by atoms with Gasteiger partial charge >= 0.3 is 0 Å². The van der Waals surface area contributed by atoms with E-state index in [1.165, 1.54) is 0 Å². The molecule has 0 aliphatic carbocycles. The Morgan fingerprint density at radius 3 is 2.38 bits per heavy atom. The van der Waals surface area contributed by atoms with Crippen LogP contribution in [0.5, 0.6) is 0 Å². The van der Waals surface area contributed by atoms with Gasteiger partial charge in [0.05, 0.1) is 5.75 Å². The molecule has 0 aliphatic rings. The van der Waals surface area contributed by atoms with Gasteiger partial charge in [0.1, 0.15) is 9.84 Å². The quantitative estimate of drug-likeness (QED) is 0.581. The van der Waals surface area contributed by atoms with Crippen LogP contribution in [0.1, 0.15) is 26.7 Å².